The molecule has 2 aliphatic heterocycles. The predicted octanol–water partition coefficient (Wildman–Crippen LogP) is 1.83. The van der Waals surface area contributed by atoms with Gasteiger partial charge in [0.2, 0.25) is 11.8 Å². The Morgan fingerprint density at radius 1 is 1.12 bits per heavy atom. The van der Waals surface area contributed by atoms with Gasteiger partial charge < -0.3 is 14.6 Å². The van der Waals surface area contributed by atoms with Gasteiger partial charge in [0, 0.05) is 12.5 Å². The number of hydrogen-bond acceptors (Lipinski definition) is 7. The molecule has 0 saturated carbocycles. The third kappa shape index (κ3) is 4.31. The van der Waals surface area contributed by atoms with Crippen LogP contribution >= 0.6 is 0 Å². The molecule has 2 atom stereocenters. The second-order valence-corrected chi connectivity index (χ2v) is 8.41. The number of nitrogens with one attached hydrogen (secondary N) is 2. The molecule has 10 nitrogen and oxygen atoms in total. The molecule has 0 aliphatic carbocycles. The summed E-state index contributed by atoms with van der Waals surface area (Å²) in [5.41, 5.74) is -0.858. The number of aromatic hydroxyl groups is 1. The summed E-state index contributed by atoms with van der Waals surface area (Å²) in [6, 6.07) is 5.44. The summed E-state index contributed by atoms with van der Waals surface area (Å²) in [7, 11) is -2.33. The Morgan fingerprint density at radius 3 is 2.50 bits per heavy atom. The third-order valence-electron chi connectivity index (χ3n) is 5.01. The quantitative estimate of drug-likeness (QED) is 0.535. The van der Waals surface area contributed by atoms with Crippen LogP contribution in [0.15, 0.2) is 41.3 Å². The molecule has 14 heteroatoms. The highest BCUT2D eigenvalue weighted by Crippen LogP contribution is 2.36. The SMILES string of the molecule is O=C1CCC(N2C(=O)c3cc(NS(=O)c4ccccc4OC(F)(F)F)cc(O)c3C2=O)C(=O)N1. The van der Waals surface area contributed by atoms with Crippen LogP contribution in [0.1, 0.15) is 33.6 Å². The summed E-state index contributed by atoms with van der Waals surface area (Å²) in [6.45, 7) is 0. The lowest BCUT2D eigenvalue weighted by atomic mass is 10.0. The average Bonchev–Trinajstić information content (AvgIpc) is 2.98. The molecule has 2 aliphatic rings. The number of benzene rings is 2. The van der Waals surface area contributed by atoms with E-state index in [2.05, 4.69) is 9.46 Å². The first-order valence-corrected chi connectivity index (χ1v) is 10.7. The molecule has 34 heavy (non-hydrogen) atoms. The molecule has 1 fully saturated rings. The molecule has 4 rings (SSSR count). The summed E-state index contributed by atoms with van der Waals surface area (Å²) in [5.74, 6) is -4.68. The highest BCUT2D eigenvalue weighted by molar-refractivity contribution is 7.86. The van der Waals surface area contributed by atoms with E-state index in [0.29, 0.717) is 4.90 Å². The number of ether oxygens (including phenoxy) is 1. The first-order valence-electron chi connectivity index (χ1n) is 9.58. The molecule has 4 amide bonds. The largest absolute Gasteiger partial charge is 0.573 e. The Bertz CT molecular complexity index is 1260. The molecular formula is C20H14F3N3O7S. The number of carbonyl (C=O) groups excluding carboxylic acids is 4. The lowest BCUT2D eigenvalue weighted by Crippen LogP contribution is -2.54. The number of amides is 4. The Kier molecular flexibility index (Phi) is 5.77. The van der Waals surface area contributed by atoms with Gasteiger partial charge in [0.15, 0.2) is 11.0 Å². The fourth-order valence-corrected chi connectivity index (χ4v) is 4.54. The topological polar surface area (TPSA) is 142 Å². The van der Waals surface area contributed by atoms with Crippen LogP contribution in [0.3, 0.4) is 0 Å². The van der Waals surface area contributed by atoms with Gasteiger partial charge in [-0.3, -0.25) is 29.4 Å². The Hall–Kier alpha value is -3.94. The summed E-state index contributed by atoms with van der Waals surface area (Å²) in [5, 5.41) is 12.4. The van der Waals surface area contributed by atoms with Crippen molar-refractivity contribution in [2.75, 3.05) is 4.72 Å². The number of phenols is 1. The van der Waals surface area contributed by atoms with E-state index in [0.717, 1.165) is 24.3 Å². The molecule has 0 aromatic heterocycles. The van der Waals surface area contributed by atoms with Gasteiger partial charge in [0.1, 0.15) is 22.4 Å². The lowest BCUT2D eigenvalue weighted by Gasteiger charge is -2.27. The highest BCUT2D eigenvalue weighted by atomic mass is 32.2. The highest BCUT2D eigenvalue weighted by Gasteiger charge is 2.46. The number of piperidine rings is 1. The molecule has 2 aromatic carbocycles. The maximum absolute atomic E-state index is 12.9. The van der Waals surface area contributed by atoms with E-state index in [1.54, 1.807) is 0 Å². The summed E-state index contributed by atoms with van der Waals surface area (Å²) in [4.78, 5) is 49.4. The monoisotopic (exact) mass is 497 g/mol. The van der Waals surface area contributed by atoms with Gasteiger partial charge in [-0.2, -0.15) is 0 Å². The van der Waals surface area contributed by atoms with Gasteiger partial charge in [-0.25, -0.2) is 4.21 Å². The smallest absolute Gasteiger partial charge is 0.507 e. The molecule has 0 radical (unpaired) electrons. The minimum atomic E-state index is -5.03. The molecule has 2 aromatic rings. The van der Waals surface area contributed by atoms with Gasteiger partial charge >= 0.3 is 6.36 Å². The van der Waals surface area contributed by atoms with Crippen molar-refractivity contribution in [3.63, 3.8) is 0 Å². The van der Waals surface area contributed by atoms with Crippen LogP contribution in [0.25, 0.3) is 0 Å². The molecule has 2 unspecified atom stereocenters. The van der Waals surface area contributed by atoms with E-state index >= 15 is 0 Å². The fraction of sp³-hybridized carbons (Fsp3) is 0.200. The number of para-hydroxylation sites is 1. The summed E-state index contributed by atoms with van der Waals surface area (Å²) in [6.07, 6.45) is -5.22. The van der Waals surface area contributed by atoms with E-state index in [9.17, 15) is 41.7 Å². The van der Waals surface area contributed by atoms with Crippen LogP contribution in [-0.4, -0.2) is 50.2 Å². The normalized spacial score (nSPS) is 19.0. The molecule has 178 valence electrons. The molecule has 0 spiro atoms. The molecule has 1 saturated heterocycles. The van der Waals surface area contributed by atoms with E-state index in [1.807, 2.05) is 5.32 Å². The predicted molar refractivity (Wildman–Crippen MR) is 108 cm³/mol. The minimum absolute atomic E-state index is 0.0952. The van der Waals surface area contributed by atoms with E-state index in [4.69, 9.17) is 0 Å². The van der Waals surface area contributed by atoms with E-state index in [1.165, 1.54) is 12.1 Å². The zero-order valence-electron chi connectivity index (χ0n) is 16.8. The van der Waals surface area contributed by atoms with Crippen molar-refractivity contribution in [3.05, 3.63) is 47.5 Å². The number of rotatable bonds is 5. The molecular weight excluding hydrogens is 483 g/mol. The van der Waals surface area contributed by atoms with Gasteiger partial charge in [0.05, 0.1) is 16.8 Å². The lowest BCUT2D eigenvalue weighted by molar-refractivity contribution is -0.275. The number of phenolic OH excluding ortho intramolecular Hbond substituents is 1. The third-order valence-corrected chi connectivity index (χ3v) is 6.16. The first kappa shape index (κ1) is 23.2. The van der Waals surface area contributed by atoms with Crippen LogP contribution in [0, 0.1) is 0 Å². The van der Waals surface area contributed by atoms with Gasteiger partial charge in [-0.05, 0) is 24.6 Å². The van der Waals surface area contributed by atoms with Crippen molar-refractivity contribution in [2.45, 2.75) is 30.1 Å². The number of anilines is 1. The van der Waals surface area contributed by atoms with Crippen molar-refractivity contribution in [3.8, 4) is 11.5 Å². The zero-order valence-corrected chi connectivity index (χ0v) is 17.7. The second-order valence-electron chi connectivity index (χ2n) is 7.23. The maximum Gasteiger partial charge on any atom is 0.573 e. The number of alkyl halides is 3. The summed E-state index contributed by atoms with van der Waals surface area (Å²) < 4.78 is 56.8. The number of nitrogens with zero attached hydrogens (tertiary/aromatic N) is 1. The Balaban J connectivity index is 1.62. The first-order chi connectivity index (χ1) is 16.0. The molecule has 0 bridgehead atoms. The number of halogens is 3. The van der Waals surface area contributed by atoms with Crippen LogP contribution in [0.4, 0.5) is 18.9 Å². The van der Waals surface area contributed by atoms with Crippen molar-refractivity contribution < 1.29 is 46.4 Å². The van der Waals surface area contributed by atoms with Crippen molar-refractivity contribution >= 4 is 40.3 Å². The minimum Gasteiger partial charge on any atom is -0.507 e. The van der Waals surface area contributed by atoms with Crippen molar-refractivity contribution in [2.24, 2.45) is 0 Å². The van der Waals surface area contributed by atoms with Crippen LogP contribution in [0.2, 0.25) is 0 Å². The van der Waals surface area contributed by atoms with Gasteiger partial charge in [-0.15, -0.1) is 13.2 Å². The molecule has 2 heterocycles. The summed E-state index contributed by atoms with van der Waals surface area (Å²) >= 11 is 0. The van der Waals surface area contributed by atoms with Crippen LogP contribution < -0.4 is 14.8 Å². The standard InChI is InChI=1S/C20H14F3N3O7S/c21-20(22,23)33-13-3-1-2-4-14(13)34(32)25-9-7-10-16(12(27)8-9)19(31)26(18(10)30)11-5-6-15(28)24-17(11)29/h1-4,7-8,11,25,27H,5-6H2,(H,24,28,29). The van der Waals surface area contributed by atoms with Crippen LogP contribution in [-0.2, 0) is 20.6 Å². The van der Waals surface area contributed by atoms with Crippen molar-refractivity contribution in [1.82, 2.24) is 10.2 Å². The Labute approximate surface area is 191 Å². The van der Waals surface area contributed by atoms with Crippen molar-refractivity contribution in [1.29, 1.82) is 0 Å². The Morgan fingerprint density at radius 2 is 1.82 bits per heavy atom. The van der Waals surface area contributed by atoms with E-state index in [-0.39, 0.29) is 29.0 Å². The fourth-order valence-electron chi connectivity index (χ4n) is 3.61. The average molecular weight is 497 g/mol. The molecule has 3 N–H and O–H groups in total. The van der Waals surface area contributed by atoms with Crippen LogP contribution in [0.5, 0.6) is 11.5 Å². The van der Waals surface area contributed by atoms with E-state index < -0.39 is 64.1 Å². The maximum atomic E-state index is 12.9. The number of imide groups is 2. The van der Waals surface area contributed by atoms with Gasteiger partial charge in [-0.1, -0.05) is 12.1 Å². The number of fused-ring (bicyclic) bond motifs is 1. The zero-order chi connectivity index (χ0) is 24.8. The number of hydrogen-bond donors (Lipinski definition) is 3. The second kappa shape index (κ2) is 8.44. The van der Waals surface area contributed by atoms with Gasteiger partial charge in [0.25, 0.3) is 11.8 Å². The number of carbonyl (C=O) groups is 4.